The molecule has 1 N–H and O–H groups in total. The molecule has 0 atom stereocenters. The molecule has 0 bridgehead atoms. The summed E-state index contributed by atoms with van der Waals surface area (Å²) in [6.45, 7) is 0.654. The van der Waals surface area contributed by atoms with Crippen LogP contribution in [0.25, 0.3) is 10.8 Å². The number of nitrogens with zero attached hydrogens (tertiary/aromatic N) is 1. The molecule has 27 heavy (non-hydrogen) atoms. The second kappa shape index (κ2) is 7.65. The molecule has 0 saturated carbocycles. The Morgan fingerprint density at radius 2 is 1.26 bits per heavy atom. The Kier molecular flexibility index (Phi) is 4.91. The zero-order chi connectivity index (χ0) is 18.6. The SMILES string of the molecule is CN(Cc1c(O)ccc2ccccc12)C(c1ccccc1)c1ccccc1. The molecule has 4 aromatic rings. The molecule has 0 aromatic heterocycles. The Labute approximate surface area is 160 Å². The first kappa shape index (κ1) is 17.3. The van der Waals surface area contributed by atoms with Gasteiger partial charge in [-0.25, -0.2) is 0 Å². The smallest absolute Gasteiger partial charge is 0.120 e. The molecule has 0 aliphatic rings. The first-order valence-electron chi connectivity index (χ1n) is 9.24. The summed E-state index contributed by atoms with van der Waals surface area (Å²) in [4.78, 5) is 2.30. The fourth-order valence-corrected chi connectivity index (χ4v) is 3.80. The summed E-state index contributed by atoms with van der Waals surface area (Å²) in [6, 6.07) is 33.2. The van der Waals surface area contributed by atoms with Crippen molar-refractivity contribution in [3.05, 3.63) is 114 Å². The van der Waals surface area contributed by atoms with Gasteiger partial charge in [0.05, 0.1) is 6.04 Å². The molecule has 0 spiro atoms. The maximum absolute atomic E-state index is 10.6. The van der Waals surface area contributed by atoms with E-state index in [1.807, 2.05) is 30.3 Å². The number of phenols is 1. The first-order valence-corrected chi connectivity index (χ1v) is 9.24. The van der Waals surface area contributed by atoms with Crippen molar-refractivity contribution in [1.29, 1.82) is 0 Å². The lowest BCUT2D eigenvalue weighted by atomic mass is 9.96. The topological polar surface area (TPSA) is 23.5 Å². The Morgan fingerprint density at radius 1 is 0.704 bits per heavy atom. The Balaban J connectivity index is 1.75. The average molecular weight is 353 g/mol. The predicted molar refractivity (Wildman–Crippen MR) is 112 cm³/mol. The van der Waals surface area contributed by atoms with E-state index < -0.39 is 0 Å². The third-order valence-corrected chi connectivity index (χ3v) is 5.09. The normalized spacial score (nSPS) is 11.4. The van der Waals surface area contributed by atoms with E-state index in [1.165, 1.54) is 11.1 Å². The highest BCUT2D eigenvalue weighted by Gasteiger charge is 2.21. The number of hydrogen-bond donors (Lipinski definition) is 1. The molecular weight excluding hydrogens is 330 g/mol. The van der Waals surface area contributed by atoms with Crippen molar-refractivity contribution in [2.24, 2.45) is 0 Å². The maximum Gasteiger partial charge on any atom is 0.120 e. The highest BCUT2D eigenvalue weighted by atomic mass is 16.3. The van der Waals surface area contributed by atoms with Gasteiger partial charge in [0, 0.05) is 12.1 Å². The van der Waals surface area contributed by atoms with Gasteiger partial charge in [0.15, 0.2) is 0 Å². The number of phenolic OH excluding ortho intramolecular Hbond substituents is 1. The standard InChI is InChI=1S/C25H23NO/c1-26(18-23-22-15-9-8-10-19(22)16-17-24(23)27)25(20-11-4-2-5-12-20)21-13-6-3-7-14-21/h2-17,25,27H,18H2,1H3. The number of hydrogen-bond acceptors (Lipinski definition) is 2. The van der Waals surface area contributed by atoms with Crippen LogP contribution in [0.2, 0.25) is 0 Å². The summed E-state index contributed by atoms with van der Waals surface area (Å²) >= 11 is 0. The summed E-state index contributed by atoms with van der Waals surface area (Å²) < 4.78 is 0. The zero-order valence-corrected chi connectivity index (χ0v) is 15.4. The molecule has 4 aromatic carbocycles. The molecule has 0 fully saturated rings. The minimum atomic E-state index is 0.116. The number of benzene rings is 4. The van der Waals surface area contributed by atoms with E-state index in [0.29, 0.717) is 12.3 Å². The second-order valence-electron chi connectivity index (χ2n) is 6.92. The van der Waals surface area contributed by atoms with Crippen molar-refractivity contribution < 1.29 is 5.11 Å². The molecule has 0 radical (unpaired) electrons. The summed E-state index contributed by atoms with van der Waals surface area (Å²) in [7, 11) is 2.12. The van der Waals surface area contributed by atoms with Gasteiger partial charge in [-0.3, -0.25) is 4.90 Å². The van der Waals surface area contributed by atoms with Crippen molar-refractivity contribution in [2.75, 3.05) is 7.05 Å². The van der Waals surface area contributed by atoms with Crippen LogP contribution in [-0.2, 0) is 6.54 Å². The van der Waals surface area contributed by atoms with Crippen LogP contribution in [0.5, 0.6) is 5.75 Å². The van der Waals surface area contributed by atoms with Crippen LogP contribution in [0.3, 0.4) is 0 Å². The molecule has 2 heteroatoms. The zero-order valence-electron chi connectivity index (χ0n) is 15.4. The highest BCUT2D eigenvalue weighted by molar-refractivity contribution is 5.87. The van der Waals surface area contributed by atoms with Crippen molar-refractivity contribution in [3.63, 3.8) is 0 Å². The predicted octanol–water partition coefficient (Wildman–Crippen LogP) is 5.77. The van der Waals surface area contributed by atoms with E-state index in [-0.39, 0.29) is 6.04 Å². The minimum Gasteiger partial charge on any atom is -0.508 e. The van der Waals surface area contributed by atoms with Crippen molar-refractivity contribution in [3.8, 4) is 5.75 Å². The summed E-state index contributed by atoms with van der Waals surface area (Å²) in [6.07, 6.45) is 0. The summed E-state index contributed by atoms with van der Waals surface area (Å²) in [5, 5.41) is 12.8. The van der Waals surface area contributed by atoms with Crippen LogP contribution in [0.15, 0.2) is 97.1 Å². The largest absolute Gasteiger partial charge is 0.508 e. The fraction of sp³-hybridized carbons (Fsp3) is 0.120. The summed E-state index contributed by atoms with van der Waals surface area (Å²) in [5.41, 5.74) is 3.45. The van der Waals surface area contributed by atoms with Gasteiger partial charge in [-0.1, -0.05) is 91.0 Å². The minimum absolute atomic E-state index is 0.116. The average Bonchev–Trinajstić information content (AvgIpc) is 2.72. The number of fused-ring (bicyclic) bond motifs is 1. The van der Waals surface area contributed by atoms with Gasteiger partial charge in [-0.15, -0.1) is 0 Å². The molecule has 0 unspecified atom stereocenters. The van der Waals surface area contributed by atoms with Crippen molar-refractivity contribution >= 4 is 10.8 Å². The van der Waals surface area contributed by atoms with Crippen molar-refractivity contribution in [2.45, 2.75) is 12.6 Å². The Morgan fingerprint density at radius 3 is 1.89 bits per heavy atom. The quantitative estimate of drug-likeness (QED) is 0.492. The van der Waals surface area contributed by atoms with Crippen LogP contribution >= 0.6 is 0 Å². The third-order valence-electron chi connectivity index (χ3n) is 5.09. The van der Waals surface area contributed by atoms with Gasteiger partial charge in [0.25, 0.3) is 0 Å². The lowest BCUT2D eigenvalue weighted by molar-refractivity contribution is 0.267. The van der Waals surface area contributed by atoms with E-state index in [9.17, 15) is 5.11 Å². The van der Waals surface area contributed by atoms with Gasteiger partial charge >= 0.3 is 0 Å². The number of aromatic hydroxyl groups is 1. The Hall–Kier alpha value is -3.10. The molecule has 0 aliphatic carbocycles. The highest BCUT2D eigenvalue weighted by Crippen LogP contribution is 2.33. The maximum atomic E-state index is 10.6. The van der Waals surface area contributed by atoms with Crippen LogP contribution in [0.4, 0.5) is 0 Å². The van der Waals surface area contributed by atoms with E-state index in [4.69, 9.17) is 0 Å². The van der Waals surface area contributed by atoms with E-state index in [2.05, 4.69) is 72.6 Å². The molecule has 2 nitrogen and oxygen atoms in total. The van der Waals surface area contributed by atoms with Gasteiger partial charge in [0.1, 0.15) is 5.75 Å². The molecule has 4 rings (SSSR count). The first-order chi connectivity index (χ1) is 13.2. The molecule has 0 aliphatic heterocycles. The fourth-order valence-electron chi connectivity index (χ4n) is 3.80. The molecule has 0 amide bonds. The lowest BCUT2D eigenvalue weighted by Crippen LogP contribution is -2.25. The molecular formula is C25H23NO. The van der Waals surface area contributed by atoms with Crippen LogP contribution in [-0.4, -0.2) is 17.1 Å². The van der Waals surface area contributed by atoms with E-state index in [0.717, 1.165) is 16.3 Å². The van der Waals surface area contributed by atoms with Crippen LogP contribution in [0, 0.1) is 0 Å². The molecule has 0 heterocycles. The van der Waals surface area contributed by atoms with E-state index in [1.54, 1.807) is 6.07 Å². The van der Waals surface area contributed by atoms with Gasteiger partial charge in [0.2, 0.25) is 0 Å². The van der Waals surface area contributed by atoms with Crippen molar-refractivity contribution in [1.82, 2.24) is 4.90 Å². The van der Waals surface area contributed by atoms with Crippen LogP contribution < -0.4 is 0 Å². The second-order valence-corrected chi connectivity index (χ2v) is 6.92. The monoisotopic (exact) mass is 353 g/mol. The van der Waals surface area contributed by atoms with Crippen LogP contribution in [0.1, 0.15) is 22.7 Å². The molecule has 134 valence electrons. The number of rotatable bonds is 5. The molecule has 0 saturated heterocycles. The third kappa shape index (κ3) is 3.57. The van der Waals surface area contributed by atoms with Gasteiger partial charge in [-0.2, -0.15) is 0 Å². The Bertz CT molecular complexity index is 988. The lowest BCUT2D eigenvalue weighted by Gasteiger charge is -2.30. The van der Waals surface area contributed by atoms with Gasteiger partial charge < -0.3 is 5.11 Å². The van der Waals surface area contributed by atoms with Gasteiger partial charge in [-0.05, 0) is 35.0 Å². The summed E-state index contributed by atoms with van der Waals surface area (Å²) in [5.74, 6) is 0.348. The van der Waals surface area contributed by atoms with E-state index >= 15 is 0 Å².